The summed E-state index contributed by atoms with van der Waals surface area (Å²) in [5, 5.41) is 3.09. The summed E-state index contributed by atoms with van der Waals surface area (Å²) >= 11 is 1.13. The lowest BCUT2D eigenvalue weighted by atomic mass is 10.0. The Labute approximate surface area is 156 Å². The van der Waals surface area contributed by atoms with Crippen molar-refractivity contribution in [2.75, 3.05) is 19.7 Å². The lowest BCUT2D eigenvalue weighted by Gasteiger charge is -2.39. The van der Waals surface area contributed by atoms with Gasteiger partial charge in [-0.15, -0.1) is 0 Å². The molecule has 1 saturated heterocycles. The molecule has 2 aliphatic rings. The summed E-state index contributed by atoms with van der Waals surface area (Å²) in [6.45, 7) is 2.83. The van der Waals surface area contributed by atoms with Crippen LogP contribution in [-0.4, -0.2) is 56.8 Å². The molecule has 2 fully saturated rings. The Balaban J connectivity index is 1.48. The number of hydrogen-bond acceptors (Lipinski definition) is 6. The fourth-order valence-corrected chi connectivity index (χ4v) is 4.20. The molecule has 2 heterocycles. The Morgan fingerprint density at radius 1 is 1.27 bits per heavy atom. The molecule has 1 aromatic heterocycles. The molecule has 138 valence electrons. The fourth-order valence-electron chi connectivity index (χ4n) is 3.69. The minimum Gasteiger partial charge on any atom is -0.362 e. The standard InChI is InChI=1S/C18H22N4O3S/c1-18(17(24)19-13-4-2-3-5-13)11-22(8-9-25-18)16(23)12-6-7-14-15(10-12)21-26-20-14/h6-7,10,13H,2-5,8-9,11H2,1H3,(H,19,24)/t18-/m1/s1. The number of aromatic nitrogens is 2. The summed E-state index contributed by atoms with van der Waals surface area (Å²) in [5.74, 6) is -0.232. The van der Waals surface area contributed by atoms with E-state index >= 15 is 0 Å². The number of morpholine rings is 1. The molecule has 1 N–H and O–H groups in total. The van der Waals surface area contributed by atoms with Crippen LogP contribution in [-0.2, 0) is 9.53 Å². The highest BCUT2D eigenvalue weighted by Crippen LogP contribution is 2.23. The number of rotatable bonds is 3. The second-order valence-electron chi connectivity index (χ2n) is 7.23. The van der Waals surface area contributed by atoms with Gasteiger partial charge in [-0.1, -0.05) is 12.8 Å². The van der Waals surface area contributed by atoms with Crippen LogP contribution in [0, 0.1) is 0 Å². The topological polar surface area (TPSA) is 84.4 Å². The van der Waals surface area contributed by atoms with E-state index in [1.807, 2.05) is 0 Å². The van der Waals surface area contributed by atoms with Crippen molar-refractivity contribution in [3.63, 3.8) is 0 Å². The second-order valence-corrected chi connectivity index (χ2v) is 7.76. The predicted molar refractivity (Wildman–Crippen MR) is 98.1 cm³/mol. The number of nitrogens with one attached hydrogen (secondary N) is 1. The first-order valence-corrected chi connectivity index (χ1v) is 9.75. The van der Waals surface area contributed by atoms with Gasteiger partial charge in [-0.3, -0.25) is 9.59 Å². The van der Waals surface area contributed by atoms with Crippen LogP contribution >= 0.6 is 11.7 Å². The zero-order valence-electron chi connectivity index (χ0n) is 14.7. The highest BCUT2D eigenvalue weighted by Gasteiger charge is 2.41. The molecule has 7 nitrogen and oxygen atoms in total. The van der Waals surface area contributed by atoms with E-state index in [1.54, 1.807) is 30.0 Å². The van der Waals surface area contributed by atoms with Gasteiger partial charge in [0.25, 0.3) is 11.8 Å². The monoisotopic (exact) mass is 374 g/mol. The van der Waals surface area contributed by atoms with Crippen LogP contribution < -0.4 is 5.32 Å². The average Bonchev–Trinajstić information content (AvgIpc) is 3.31. The first-order chi connectivity index (χ1) is 12.5. The number of hydrogen-bond donors (Lipinski definition) is 1. The predicted octanol–water partition coefficient (Wildman–Crippen LogP) is 1.98. The van der Waals surface area contributed by atoms with Crippen molar-refractivity contribution in [2.45, 2.75) is 44.2 Å². The van der Waals surface area contributed by atoms with Gasteiger partial charge in [0.2, 0.25) is 0 Å². The maximum Gasteiger partial charge on any atom is 0.254 e. The Hall–Kier alpha value is -2.06. The zero-order valence-corrected chi connectivity index (χ0v) is 15.6. The molecule has 0 radical (unpaired) electrons. The minimum atomic E-state index is -1.01. The van der Waals surface area contributed by atoms with Gasteiger partial charge in [-0.05, 0) is 38.0 Å². The molecule has 0 spiro atoms. The van der Waals surface area contributed by atoms with Gasteiger partial charge in [0.1, 0.15) is 11.0 Å². The third-order valence-corrected chi connectivity index (χ3v) is 5.79. The molecule has 1 atom stereocenters. The summed E-state index contributed by atoms with van der Waals surface area (Å²) in [4.78, 5) is 27.3. The van der Waals surface area contributed by atoms with Gasteiger partial charge in [0, 0.05) is 18.2 Å². The van der Waals surface area contributed by atoms with E-state index in [0.29, 0.717) is 18.7 Å². The molecule has 2 amide bonds. The Morgan fingerprint density at radius 2 is 2.04 bits per heavy atom. The van der Waals surface area contributed by atoms with Crippen molar-refractivity contribution in [1.29, 1.82) is 0 Å². The van der Waals surface area contributed by atoms with E-state index in [-0.39, 0.29) is 24.4 Å². The number of carbonyl (C=O) groups excluding carboxylic acids is 2. The zero-order chi connectivity index (χ0) is 18.1. The van der Waals surface area contributed by atoms with E-state index < -0.39 is 5.60 Å². The van der Waals surface area contributed by atoms with Crippen molar-refractivity contribution in [2.24, 2.45) is 0 Å². The van der Waals surface area contributed by atoms with Gasteiger partial charge >= 0.3 is 0 Å². The molecular weight excluding hydrogens is 352 g/mol. The number of benzene rings is 1. The lowest BCUT2D eigenvalue weighted by Crippen LogP contribution is -2.60. The second kappa shape index (κ2) is 6.92. The summed E-state index contributed by atoms with van der Waals surface area (Å²) in [6, 6.07) is 5.55. The molecule has 0 unspecified atom stereocenters. The number of nitrogens with zero attached hydrogens (tertiary/aromatic N) is 3. The smallest absolute Gasteiger partial charge is 0.254 e. The quantitative estimate of drug-likeness (QED) is 0.888. The van der Waals surface area contributed by atoms with Crippen molar-refractivity contribution in [1.82, 2.24) is 19.0 Å². The lowest BCUT2D eigenvalue weighted by molar-refractivity contribution is -0.154. The number of fused-ring (bicyclic) bond motifs is 1. The van der Waals surface area contributed by atoms with Gasteiger partial charge in [0.15, 0.2) is 5.60 Å². The van der Waals surface area contributed by atoms with Crippen LogP contribution in [0.3, 0.4) is 0 Å². The third kappa shape index (κ3) is 3.31. The van der Waals surface area contributed by atoms with E-state index in [9.17, 15) is 9.59 Å². The molecule has 1 aromatic carbocycles. The number of ether oxygens (including phenoxy) is 1. The molecule has 26 heavy (non-hydrogen) atoms. The molecule has 1 saturated carbocycles. The molecule has 4 rings (SSSR count). The molecule has 8 heteroatoms. The van der Waals surface area contributed by atoms with Gasteiger partial charge in [-0.25, -0.2) is 0 Å². The van der Waals surface area contributed by atoms with Crippen LogP contribution in [0.2, 0.25) is 0 Å². The van der Waals surface area contributed by atoms with Crippen molar-refractivity contribution in [3.8, 4) is 0 Å². The minimum absolute atomic E-state index is 0.108. The molecule has 0 bridgehead atoms. The first-order valence-electron chi connectivity index (χ1n) is 9.02. The van der Waals surface area contributed by atoms with Crippen molar-refractivity contribution >= 4 is 34.6 Å². The maximum atomic E-state index is 12.9. The van der Waals surface area contributed by atoms with Crippen molar-refractivity contribution in [3.05, 3.63) is 23.8 Å². The molecule has 1 aliphatic heterocycles. The van der Waals surface area contributed by atoms with Gasteiger partial charge in [-0.2, -0.15) is 8.75 Å². The Morgan fingerprint density at radius 3 is 2.85 bits per heavy atom. The van der Waals surface area contributed by atoms with Crippen LogP contribution in [0.4, 0.5) is 0 Å². The normalized spacial score (nSPS) is 24.1. The van der Waals surface area contributed by atoms with E-state index in [1.165, 1.54) is 0 Å². The number of amides is 2. The fraction of sp³-hybridized carbons (Fsp3) is 0.556. The largest absolute Gasteiger partial charge is 0.362 e. The van der Waals surface area contributed by atoms with E-state index in [2.05, 4.69) is 14.1 Å². The highest BCUT2D eigenvalue weighted by atomic mass is 32.1. The Bertz CT molecular complexity index is 833. The summed E-state index contributed by atoms with van der Waals surface area (Å²) in [5.41, 5.74) is 1.05. The van der Waals surface area contributed by atoms with Crippen LogP contribution in [0.5, 0.6) is 0 Å². The Kier molecular flexibility index (Phi) is 4.62. The van der Waals surface area contributed by atoms with Crippen molar-refractivity contribution < 1.29 is 14.3 Å². The van der Waals surface area contributed by atoms with E-state index in [0.717, 1.165) is 48.4 Å². The van der Waals surface area contributed by atoms with Gasteiger partial charge in [0.05, 0.1) is 24.9 Å². The SMILES string of the molecule is C[C@]1(C(=O)NC2CCCC2)CN(C(=O)c2ccc3nsnc3c2)CCO1. The molecule has 1 aliphatic carbocycles. The third-order valence-electron chi connectivity index (χ3n) is 5.23. The summed E-state index contributed by atoms with van der Waals surface area (Å²) < 4.78 is 14.1. The molecular formula is C18H22N4O3S. The summed E-state index contributed by atoms with van der Waals surface area (Å²) in [6.07, 6.45) is 4.35. The average molecular weight is 374 g/mol. The van der Waals surface area contributed by atoms with Crippen LogP contribution in [0.1, 0.15) is 43.0 Å². The highest BCUT2D eigenvalue weighted by molar-refractivity contribution is 7.00. The van der Waals surface area contributed by atoms with Crippen LogP contribution in [0.25, 0.3) is 11.0 Å². The molecule has 2 aromatic rings. The number of carbonyl (C=O) groups is 2. The first kappa shape index (κ1) is 17.4. The maximum absolute atomic E-state index is 12.9. The van der Waals surface area contributed by atoms with E-state index in [4.69, 9.17) is 4.74 Å². The van der Waals surface area contributed by atoms with Gasteiger partial charge < -0.3 is 15.0 Å². The summed E-state index contributed by atoms with van der Waals surface area (Å²) in [7, 11) is 0. The van der Waals surface area contributed by atoms with Crippen LogP contribution in [0.15, 0.2) is 18.2 Å².